The lowest BCUT2D eigenvalue weighted by Crippen LogP contribution is -2.35. The van der Waals surface area contributed by atoms with E-state index in [1.807, 2.05) is 13.8 Å². The number of nitrogens with zero attached hydrogens (tertiary/aromatic N) is 1. The molecule has 1 N–H and O–H groups in total. The van der Waals surface area contributed by atoms with Gasteiger partial charge in [-0.2, -0.15) is 0 Å². The van der Waals surface area contributed by atoms with Gasteiger partial charge in [-0.25, -0.2) is 4.39 Å². The van der Waals surface area contributed by atoms with E-state index in [1.165, 1.54) is 29.2 Å². The molecule has 8 heteroatoms. The van der Waals surface area contributed by atoms with Crippen LogP contribution in [0.1, 0.15) is 26.7 Å². The predicted molar refractivity (Wildman–Crippen MR) is 116 cm³/mol. The Morgan fingerprint density at radius 2 is 1.65 bits per heavy atom. The zero-order valence-corrected chi connectivity index (χ0v) is 18.2. The second kappa shape index (κ2) is 12.4. The average molecular weight is 432 g/mol. The molecule has 2 rings (SSSR count). The molecule has 0 aliphatic rings. The third-order valence-corrected chi connectivity index (χ3v) is 4.25. The van der Waals surface area contributed by atoms with Gasteiger partial charge in [0.05, 0.1) is 26.4 Å². The molecule has 0 heterocycles. The normalized spacial score (nSPS) is 10.3. The number of hydrogen-bond acceptors (Lipinski definition) is 5. The fraction of sp³-hybridized carbons (Fsp3) is 0.391. The molecule has 0 radical (unpaired) electrons. The van der Waals surface area contributed by atoms with Crippen LogP contribution in [-0.2, 0) is 9.59 Å². The van der Waals surface area contributed by atoms with Crippen molar-refractivity contribution < 1.29 is 28.2 Å². The molecule has 0 saturated carbocycles. The molecular weight excluding hydrogens is 403 g/mol. The van der Waals surface area contributed by atoms with E-state index in [0.29, 0.717) is 49.2 Å². The molecule has 0 aromatic heterocycles. The number of halogens is 1. The highest BCUT2D eigenvalue weighted by molar-refractivity contribution is 5.94. The molecule has 2 aromatic rings. The van der Waals surface area contributed by atoms with E-state index in [4.69, 9.17) is 14.2 Å². The molecule has 0 unspecified atom stereocenters. The van der Waals surface area contributed by atoms with E-state index in [1.54, 1.807) is 25.2 Å². The molecule has 7 nitrogen and oxygen atoms in total. The standard InChI is InChI=1S/C23H29FN2O5/c1-4-29-20-13-10-18(15-21(20)30-5-2)25-22(27)16-26(3)23(28)7-6-14-31-19-11-8-17(24)9-12-19/h8-13,15H,4-7,14,16H2,1-3H3,(H,25,27). The van der Waals surface area contributed by atoms with Gasteiger partial charge in [0.25, 0.3) is 0 Å². The lowest BCUT2D eigenvalue weighted by molar-refractivity contribution is -0.133. The van der Waals surface area contributed by atoms with Gasteiger partial charge >= 0.3 is 0 Å². The number of ether oxygens (including phenoxy) is 3. The molecule has 2 amide bonds. The molecule has 0 saturated heterocycles. The number of likely N-dealkylation sites (N-methyl/N-ethyl adjacent to an activating group) is 1. The fourth-order valence-corrected chi connectivity index (χ4v) is 2.77. The maximum absolute atomic E-state index is 12.9. The number of benzene rings is 2. The van der Waals surface area contributed by atoms with E-state index in [9.17, 15) is 14.0 Å². The summed E-state index contributed by atoms with van der Waals surface area (Å²) in [5.74, 6) is 0.889. The maximum atomic E-state index is 12.9. The van der Waals surface area contributed by atoms with Crippen molar-refractivity contribution in [1.29, 1.82) is 0 Å². The lowest BCUT2D eigenvalue weighted by Gasteiger charge is -2.17. The number of hydrogen-bond donors (Lipinski definition) is 1. The Bertz CT molecular complexity index is 858. The van der Waals surface area contributed by atoms with Crippen LogP contribution in [0.4, 0.5) is 10.1 Å². The minimum absolute atomic E-state index is 0.0746. The maximum Gasteiger partial charge on any atom is 0.243 e. The minimum Gasteiger partial charge on any atom is -0.494 e. The Kier molecular flexibility index (Phi) is 9.61. The number of anilines is 1. The molecule has 0 aliphatic heterocycles. The van der Waals surface area contributed by atoms with Crippen LogP contribution in [0.2, 0.25) is 0 Å². The summed E-state index contributed by atoms with van der Waals surface area (Å²) in [6, 6.07) is 10.8. The highest BCUT2D eigenvalue weighted by atomic mass is 19.1. The third kappa shape index (κ3) is 8.16. The van der Waals surface area contributed by atoms with Gasteiger partial charge < -0.3 is 24.4 Å². The SMILES string of the molecule is CCOc1ccc(NC(=O)CN(C)C(=O)CCCOc2ccc(F)cc2)cc1OCC. The Morgan fingerprint density at radius 3 is 2.32 bits per heavy atom. The second-order valence-corrected chi connectivity index (χ2v) is 6.73. The van der Waals surface area contributed by atoms with Gasteiger partial charge in [-0.05, 0) is 56.7 Å². The zero-order valence-electron chi connectivity index (χ0n) is 18.2. The largest absolute Gasteiger partial charge is 0.494 e. The number of amides is 2. The van der Waals surface area contributed by atoms with E-state index >= 15 is 0 Å². The molecule has 0 fully saturated rings. The van der Waals surface area contributed by atoms with Crippen molar-refractivity contribution in [2.24, 2.45) is 0 Å². The summed E-state index contributed by atoms with van der Waals surface area (Å²) in [4.78, 5) is 25.9. The highest BCUT2D eigenvalue weighted by Gasteiger charge is 2.14. The smallest absolute Gasteiger partial charge is 0.243 e. The van der Waals surface area contributed by atoms with Crippen molar-refractivity contribution in [2.45, 2.75) is 26.7 Å². The zero-order chi connectivity index (χ0) is 22.6. The van der Waals surface area contributed by atoms with E-state index in [-0.39, 0.29) is 30.6 Å². The first kappa shape index (κ1) is 24.0. The molecule has 168 valence electrons. The molecular formula is C23H29FN2O5. The van der Waals surface area contributed by atoms with Crippen LogP contribution in [0, 0.1) is 5.82 Å². The van der Waals surface area contributed by atoms with Crippen LogP contribution >= 0.6 is 0 Å². The summed E-state index contributed by atoms with van der Waals surface area (Å²) in [5, 5.41) is 2.77. The van der Waals surface area contributed by atoms with E-state index in [2.05, 4.69) is 5.32 Å². The Balaban J connectivity index is 1.77. The molecule has 0 spiro atoms. The molecule has 0 aliphatic carbocycles. The summed E-state index contributed by atoms with van der Waals surface area (Å²) < 4.78 is 29.4. The quantitative estimate of drug-likeness (QED) is 0.515. The van der Waals surface area contributed by atoms with Crippen LogP contribution in [0.3, 0.4) is 0 Å². The van der Waals surface area contributed by atoms with Crippen molar-refractivity contribution in [3.05, 3.63) is 48.3 Å². The molecule has 0 atom stereocenters. The lowest BCUT2D eigenvalue weighted by atomic mass is 10.2. The first-order chi connectivity index (χ1) is 14.9. The second-order valence-electron chi connectivity index (χ2n) is 6.73. The van der Waals surface area contributed by atoms with E-state index < -0.39 is 0 Å². The predicted octanol–water partition coefficient (Wildman–Crippen LogP) is 3.88. The summed E-state index contributed by atoms with van der Waals surface area (Å²) >= 11 is 0. The van der Waals surface area contributed by atoms with Gasteiger partial charge in [0.2, 0.25) is 11.8 Å². The number of rotatable bonds is 12. The topological polar surface area (TPSA) is 77.1 Å². The van der Waals surface area contributed by atoms with Crippen molar-refractivity contribution in [3.63, 3.8) is 0 Å². The van der Waals surface area contributed by atoms with Crippen molar-refractivity contribution in [2.75, 3.05) is 38.7 Å². The van der Waals surface area contributed by atoms with Gasteiger partial charge in [-0.15, -0.1) is 0 Å². The van der Waals surface area contributed by atoms with Crippen molar-refractivity contribution >= 4 is 17.5 Å². The monoisotopic (exact) mass is 432 g/mol. The van der Waals surface area contributed by atoms with Gasteiger partial charge in [0, 0.05) is 25.2 Å². The first-order valence-electron chi connectivity index (χ1n) is 10.2. The van der Waals surface area contributed by atoms with E-state index in [0.717, 1.165) is 0 Å². The summed E-state index contributed by atoms with van der Waals surface area (Å²) in [6.45, 7) is 4.98. The number of carbonyl (C=O) groups is 2. The summed E-state index contributed by atoms with van der Waals surface area (Å²) in [5.41, 5.74) is 0.561. The molecule has 31 heavy (non-hydrogen) atoms. The Hall–Kier alpha value is -3.29. The van der Waals surface area contributed by atoms with Crippen LogP contribution in [0.15, 0.2) is 42.5 Å². The Labute approximate surface area is 182 Å². The highest BCUT2D eigenvalue weighted by Crippen LogP contribution is 2.30. The van der Waals surface area contributed by atoms with Crippen LogP contribution < -0.4 is 19.5 Å². The van der Waals surface area contributed by atoms with Crippen LogP contribution in [0.5, 0.6) is 17.2 Å². The van der Waals surface area contributed by atoms with Crippen LogP contribution in [-0.4, -0.2) is 50.1 Å². The van der Waals surface area contributed by atoms with Gasteiger partial charge in [0.1, 0.15) is 11.6 Å². The summed E-state index contributed by atoms with van der Waals surface area (Å²) in [7, 11) is 1.58. The Morgan fingerprint density at radius 1 is 0.968 bits per heavy atom. The molecule has 0 bridgehead atoms. The van der Waals surface area contributed by atoms with Gasteiger partial charge in [-0.1, -0.05) is 0 Å². The summed E-state index contributed by atoms with van der Waals surface area (Å²) in [6.07, 6.45) is 0.724. The minimum atomic E-state index is -0.332. The third-order valence-electron chi connectivity index (χ3n) is 4.25. The number of carbonyl (C=O) groups excluding carboxylic acids is 2. The van der Waals surface area contributed by atoms with Crippen molar-refractivity contribution in [3.8, 4) is 17.2 Å². The first-order valence-corrected chi connectivity index (χ1v) is 10.2. The molecule has 2 aromatic carbocycles. The number of nitrogens with one attached hydrogen (secondary N) is 1. The van der Waals surface area contributed by atoms with Gasteiger partial charge in [-0.3, -0.25) is 9.59 Å². The van der Waals surface area contributed by atoms with Crippen molar-refractivity contribution in [1.82, 2.24) is 4.90 Å². The van der Waals surface area contributed by atoms with Gasteiger partial charge in [0.15, 0.2) is 11.5 Å². The average Bonchev–Trinajstić information content (AvgIpc) is 2.74. The van der Waals surface area contributed by atoms with Crippen LogP contribution in [0.25, 0.3) is 0 Å². The fourth-order valence-electron chi connectivity index (χ4n) is 2.77.